The van der Waals surface area contributed by atoms with E-state index in [1.54, 1.807) is 21.3 Å². The van der Waals surface area contributed by atoms with E-state index in [-0.39, 0.29) is 6.10 Å². The van der Waals surface area contributed by atoms with Gasteiger partial charge in [-0.3, -0.25) is 0 Å². The second kappa shape index (κ2) is 6.81. The first-order valence-corrected chi connectivity index (χ1v) is 6.87. The fraction of sp³-hybridized carbons (Fsp3) is 0.600. The summed E-state index contributed by atoms with van der Waals surface area (Å²) in [5, 5.41) is 13.1. The molecule has 1 aliphatic rings. The molecule has 1 aromatic carbocycles. The molecule has 112 valence electrons. The molecule has 5 nitrogen and oxygen atoms in total. The highest BCUT2D eigenvalue weighted by atomic mass is 16.5. The van der Waals surface area contributed by atoms with Gasteiger partial charge in [-0.2, -0.15) is 0 Å². The Kier molecular flexibility index (Phi) is 5.09. The van der Waals surface area contributed by atoms with E-state index < -0.39 is 0 Å². The molecular weight excluding hydrogens is 258 g/mol. The number of hydrogen-bond acceptors (Lipinski definition) is 5. The summed E-state index contributed by atoms with van der Waals surface area (Å²) >= 11 is 0. The highest BCUT2D eigenvalue weighted by molar-refractivity contribution is 5.55. The van der Waals surface area contributed by atoms with E-state index in [9.17, 15) is 5.11 Å². The summed E-state index contributed by atoms with van der Waals surface area (Å²) in [6.45, 7) is 1.22. The number of ether oxygens (including phenoxy) is 3. The predicted octanol–water partition coefficient (Wildman–Crippen LogP) is 1.57. The predicted molar refractivity (Wildman–Crippen MR) is 76.5 cm³/mol. The minimum Gasteiger partial charge on any atom is -0.493 e. The van der Waals surface area contributed by atoms with Crippen molar-refractivity contribution in [2.45, 2.75) is 25.5 Å². The Labute approximate surface area is 119 Å². The van der Waals surface area contributed by atoms with Gasteiger partial charge in [-0.25, -0.2) is 0 Å². The van der Waals surface area contributed by atoms with Crippen LogP contribution < -0.4 is 19.5 Å². The van der Waals surface area contributed by atoms with Gasteiger partial charge in [0.05, 0.1) is 27.4 Å². The SMILES string of the molecule is COc1ccc(CNCC(O)C2CC2)c(OC)c1OC. The van der Waals surface area contributed by atoms with Crippen LogP contribution in [-0.2, 0) is 6.54 Å². The Morgan fingerprint density at radius 1 is 1.15 bits per heavy atom. The van der Waals surface area contributed by atoms with Crippen LogP contribution in [0.5, 0.6) is 17.2 Å². The van der Waals surface area contributed by atoms with Crippen LogP contribution in [-0.4, -0.2) is 39.1 Å². The standard InChI is InChI=1S/C15H23NO4/c1-18-13-7-6-11(14(19-2)15(13)20-3)8-16-9-12(17)10-4-5-10/h6-7,10,12,16-17H,4-5,8-9H2,1-3H3. The van der Waals surface area contributed by atoms with E-state index in [2.05, 4.69) is 5.32 Å². The molecule has 0 aliphatic heterocycles. The lowest BCUT2D eigenvalue weighted by molar-refractivity contribution is 0.148. The zero-order chi connectivity index (χ0) is 14.5. The van der Waals surface area contributed by atoms with Crippen molar-refractivity contribution in [1.29, 1.82) is 0 Å². The Bertz CT molecular complexity index is 446. The smallest absolute Gasteiger partial charge is 0.203 e. The van der Waals surface area contributed by atoms with Crippen LogP contribution in [0.3, 0.4) is 0 Å². The van der Waals surface area contributed by atoms with E-state index in [1.165, 1.54) is 0 Å². The van der Waals surface area contributed by atoms with Crippen LogP contribution in [0.25, 0.3) is 0 Å². The number of aliphatic hydroxyl groups is 1. The average Bonchev–Trinajstić information content (AvgIpc) is 3.30. The van der Waals surface area contributed by atoms with Gasteiger partial charge in [-0.1, -0.05) is 6.07 Å². The maximum Gasteiger partial charge on any atom is 0.203 e. The molecule has 2 rings (SSSR count). The van der Waals surface area contributed by atoms with Crippen molar-refractivity contribution >= 4 is 0 Å². The molecule has 0 amide bonds. The van der Waals surface area contributed by atoms with E-state index >= 15 is 0 Å². The summed E-state index contributed by atoms with van der Waals surface area (Å²) in [5.41, 5.74) is 0.980. The van der Waals surface area contributed by atoms with Gasteiger partial charge in [-0.05, 0) is 24.8 Å². The zero-order valence-electron chi connectivity index (χ0n) is 12.3. The number of hydrogen-bond donors (Lipinski definition) is 2. The first-order valence-electron chi connectivity index (χ1n) is 6.87. The summed E-state index contributed by atoms with van der Waals surface area (Å²) in [5.74, 6) is 2.39. The van der Waals surface area contributed by atoms with Crippen LogP contribution in [0.15, 0.2) is 12.1 Å². The topological polar surface area (TPSA) is 60.0 Å². The van der Waals surface area contributed by atoms with Crippen molar-refractivity contribution in [1.82, 2.24) is 5.32 Å². The maximum absolute atomic E-state index is 9.84. The molecule has 1 atom stereocenters. The largest absolute Gasteiger partial charge is 0.493 e. The number of nitrogens with one attached hydrogen (secondary N) is 1. The summed E-state index contributed by atoms with van der Waals surface area (Å²) < 4.78 is 16.0. The fourth-order valence-corrected chi connectivity index (χ4v) is 2.30. The minimum atomic E-state index is -0.249. The zero-order valence-corrected chi connectivity index (χ0v) is 12.3. The van der Waals surface area contributed by atoms with Crippen molar-refractivity contribution < 1.29 is 19.3 Å². The maximum atomic E-state index is 9.84. The number of methoxy groups -OCH3 is 3. The molecule has 0 aromatic heterocycles. The van der Waals surface area contributed by atoms with Crippen LogP contribution in [0.4, 0.5) is 0 Å². The van der Waals surface area contributed by atoms with E-state index in [0.717, 1.165) is 18.4 Å². The lowest BCUT2D eigenvalue weighted by Crippen LogP contribution is -2.28. The molecular formula is C15H23NO4. The molecule has 0 spiro atoms. The molecule has 1 saturated carbocycles. The van der Waals surface area contributed by atoms with Gasteiger partial charge in [0.25, 0.3) is 0 Å². The summed E-state index contributed by atoms with van der Waals surface area (Å²) in [6.07, 6.45) is 2.03. The third kappa shape index (κ3) is 3.35. The van der Waals surface area contributed by atoms with Crippen molar-refractivity contribution in [3.8, 4) is 17.2 Å². The van der Waals surface area contributed by atoms with Gasteiger partial charge in [-0.15, -0.1) is 0 Å². The Hall–Kier alpha value is -1.46. The molecule has 1 fully saturated rings. The molecule has 0 radical (unpaired) electrons. The first-order chi connectivity index (χ1) is 9.71. The highest BCUT2D eigenvalue weighted by Crippen LogP contribution is 2.39. The van der Waals surface area contributed by atoms with Crippen LogP contribution >= 0.6 is 0 Å². The second-order valence-corrected chi connectivity index (χ2v) is 5.03. The summed E-state index contributed by atoms with van der Waals surface area (Å²) in [4.78, 5) is 0. The van der Waals surface area contributed by atoms with Crippen molar-refractivity contribution in [2.24, 2.45) is 5.92 Å². The second-order valence-electron chi connectivity index (χ2n) is 5.03. The minimum absolute atomic E-state index is 0.249. The molecule has 1 aliphatic carbocycles. The summed E-state index contributed by atoms with van der Waals surface area (Å²) in [7, 11) is 4.80. The molecule has 2 N–H and O–H groups in total. The lowest BCUT2D eigenvalue weighted by Gasteiger charge is -2.17. The van der Waals surface area contributed by atoms with Crippen molar-refractivity contribution in [3.63, 3.8) is 0 Å². The third-order valence-electron chi connectivity index (χ3n) is 3.62. The Morgan fingerprint density at radius 3 is 2.40 bits per heavy atom. The number of rotatable bonds is 8. The monoisotopic (exact) mass is 281 g/mol. The van der Waals surface area contributed by atoms with Gasteiger partial charge >= 0.3 is 0 Å². The molecule has 1 aromatic rings. The molecule has 0 saturated heterocycles. The quantitative estimate of drug-likeness (QED) is 0.757. The molecule has 20 heavy (non-hydrogen) atoms. The molecule has 5 heteroatoms. The first kappa shape index (κ1) is 14.9. The van der Waals surface area contributed by atoms with Gasteiger partial charge in [0.1, 0.15) is 0 Å². The Balaban J connectivity index is 2.02. The normalized spacial score (nSPS) is 15.8. The fourth-order valence-electron chi connectivity index (χ4n) is 2.30. The van der Waals surface area contributed by atoms with Gasteiger partial charge in [0.15, 0.2) is 11.5 Å². The van der Waals surface area contributed by atoms with Crippen LogP contribution in [0, 0.1) is 5.92 Å². The van der Waals surface area contributed by atoms with Crippen LogP contribution in [0.2, 0.25) is 0 Å². The van der Waals surface area contributed by atoms with E-state index in [4.69, 9.17) is 14.2 Å². The molecule has 0 bridgehead atoms. The molecule has 1 unspecified atom stereocenters. The summed E-state index contributed by atoms with van der Waals surface area (Å²) in [6, 6.07) is 3.80. The number of aliphatic hydroxyl groups excluding tert-OH is 1. The number of benzene rings is 1. The Morgan fingerprint density at radius 2 is 1.85 bits per heavy atom. The van der Waals surface area contributed by atoms with Crippen molar-refractivity contribution in [2.75, 3.05) is 27.9 Å². The lowest BCUT2D eigenvalue weighted by atomic mass is 10.1. The van der Waals surface area contributed by atoms with Gasteiger partial charge < -0.3 is 24.6 Å². The molecule has 0 heterocycles. The third-order valence-corrected chi connectivity index (χ3v) is 3.62. The van der Waals surface area contributed by atoms with E-state index in [1.807, 2.05) is 12.1 Å². The van der Waals surface area contributed by atoms with Gasteiger partial charge in [0, 0.05) is 18.7 Å². The van der Waals surface area contributed by atoms with E-state index in [0.29, 0.717) is 36.3 Å². The average molecular weight is 281 g/mol. The highest BCUT2D eigenvalue weighted by Gasteiger charge is 2.29. The van der Waals surface area contributed by atoms with Crippen molar-refractivity contribution in [3.05, 3.63) is 17.7 Å². The van der Waals surface area contributed by atoms with Gasteiger partial charge in [0.2, 0.25) is 5.75 Å². The van der Waals surface area contributed by atoms with Crippen LogP contribution in [0.1, 0.15) is 18.4 Å².